The molecule has 0 radical (unpaired) electrons. The number of hydrogen-bond acceptors (Lipinski definition) is 3. The topological polar surface area (TPSA) is 18.5 Å². The van der Waals surface area contributed by atoms with Crippen LogP contribution in [0.5, 0.6) is 0 Å². The highest BCUT2D eigenvalue weighted by Crippen LogP contribution is 2.28. The number of rotatable bonds is 2. The zero-order valence-corrected chi connectivity index (χ0v) is 12.2. The van der Waals surface area contributed by atoms with Crippen LogP contribution < -0.4 is 10.2 Å². The molecule has 1 fully saturated rings. The molecule has 1 unspecified atom stereocenters. The van der Waals surface area contributed by atoms with Crippen molar-refractivity contribution in [1.82, 2.24) is 4.90 Å². The summed E-state index contributed by atoms with van der Waals surface area (Å²) in [6.45, 7) is 10.4. The predicted molar refractivity (Wildman–Crippen MR) is 82.2 cm³/mol. The Morgan fingerprint density at radius 3 is 3.00 bits per heavy atom. The number of hydrogen-bond donors (Lipinski definition) is 1. The molecule has 3 nitrogen and oxygen atoms in total. The third-order valence-electron chi connectivity index (χ3n) is 4.56. The van der Waals surface area contributed by atoms with E-state index in [0.717, 1.165) is 19.6 Å². The summed E-state index contributed by atoms with van der Waals surface area (Å²) in [5.74, 6) is 0. The van der Waals surface area contributed by atoms with Crippen LogP contribution in [0.1, 0.15) is 25.8 Å². The van der Waals surface area contributed by atoms with Crippen molar-refractivity contribution in [2.75, 3.05) is 42.9 Å². The van der Waals surface area contributed by atoms with Gasteiger partial charge in [0.2, 0.25) is 0 Å². The lowest BCUT2D eigenvalue weighted by molar-refractivity contribution is 0.199. The number of nitrogens with zero attached hydrogens (tertiary/aromatic N) is 2. The molecule has 2 aliphatic heterocycles. The second-order valence-corrected chi connectivity index (χ2v) is 5.80. The van der Waals surface area contributed by atoms with Crippen LogP contribution >= 0.6 is 0 Å². The summed E-state index contributed by atoms with van der Waals surface area (Å²) < 4.78 is 0. The number of anilines is 2. The van der Waals surface area contributed by atoms with Gasteiger partial charge in [0.05, 0.1) is 0 Å². The summed E-state index contributed by atoms with van der Waals surface area (Å²) in [5, 5.41) is 3.49. The van der Waals surface area contributed by atoms with Gasteiger partial charge >= 0.3 is 0 Å². The molecule has 1 aromatic carbocycles. The summed E-state index contributed by atoms with van der Waals surface area (Å²) in [6.07, 6.45) is 2.48. The average molecular weight is 259 g/mol. The third-order valence-corrected chi connectivity index (χ3v) is 4.56. The molecule has 0 aromatic heterocycles. The van der Waals surface area contributed by atoms with Crippen molar-refractivity contribution in [3.63, 3.8) is 0 Å². The lowest BCUT2D eigenvalue weighted by Crippen LogP contribution is -2.51. The van der Waals surface area contributed by atoms with E-state index in [1.165, 1.54) is 42.9 Å². The molecule has 3 heteroatoms. The molecule has 2 heterocycles. The fourth-order valence-electron chi connectivity index (χ4n) is 3.36. The molecule has 2 aliphatic rings. The molecule has 1 saturated heterocycles. The number of fused-ring (bicyclic) bond motifs is 1. The number of nitrogens with one attached hydrogen (secondary N) is 1. The second kappa shape index (κ2) is 5.41. The SMILES string of the molecule is CCN1CCN(c2ccc3c(c2)CCCN3)CC1C. The van der Waals surface area contributed by atoms with Gasteiger partial charge in [-0.2, -0.15) is 0 Å². The van der Waals surface area contributed by atoms with Crippen LogP contribution in [0.25, 0.3) is 0 Å². The van der Waals surface area contributed by atoms with Gasteiger partial charge in [0.15, 0.2) is 0 Å². The highest BCUT2D eigenvalue weighted by Gasteiger charge is 2.23. The normalized spacial score (nSPS) is 23.9. The number of benzene rings is 1. The molecule has 1 aromatic rings. The molecule has 0 aliphatic carbocycles. The predicted octanol–water partition coefficient (Wildman–Crippen LogP) is 2.58. The van der Waals surface area contributed by atoms with Crippen LogP contribution in [0.4, 0.5) is 11.4 Å². The van der Waals surface area contributed by atoms with Crippen molar-refractivity contribution >= 4 is 11.4 Å². The molecule has 0 saturated carbocycles. The van der Waals surface area contributed by atoms with Gasteiger partial charge in [-0.25, -0.2) is 0 Å². The fraction of sp³-hybridized carbons (Fsp3) is 0.625. The molecule has 1 atom stereocenters. The number of aryl methyl sites for hydroxylation is 1. The molecule has 19 heavy (non-hydrogen) atoms. The van der Waals surface area contributed by atoms with Crippen LogP contribution in [-0.4, -0.2) is 43.7 Å². The summed E-state index contributed by atoms with van der Waals surface area (Å²) in [5.41, 5.74) is 4.25. The Kier molecular flexibility index (Phi) is 3.65. The van der Waals surface area contributed by atoms with E-state index in [-0.39, 0.29) is 0 Å². The summed E-state index contributed by atoms with van der Waals surface area (Å²) in [4.78, 5) is 5.11. The monoisotopic (exact) mass is 259 g/mol. The van der Waals surface area contributed by atoms with Gasteiger partial charge in [0.1, 0.15) is 0 Å². The van der Waals surface area contributed by atoms with Crippen LogP contribution in [0.2, 0.25) is 0 Å². The first-order valence-electron chi connectivity index (χ1n) is 7.63. The average Bonchev–Trinajstić information content (AvgIpc) is 2.46. The largest absolute Gasteiger partial charge is 0.385 e. The minimum Gasteiger partial charge on any atom is -0.385 e. The first-order chi connectivity index (χ1) is 9.28. The van der Waals surface area contributed by atoms with Gasteiger partial charge in [0.25, 0.3) is 0 Å². The van der Waals surface area contributed by atoms with E-state index in [9.17, 15) is 0 Å². The minimum atomic E-state index is 0.660. The molecule has 0 spiro atoms. The van der Waals surface area contributed by atoms with Crippen molar-refractivity contribution in [1.29, 1.82) is 0 Å². The highest BCUT2D eigenvalue weighted by molar-refractivity contribution is 5.62. The van der Waals surface area contributed by atoms with E-state index in [0.29, 0.717) is 6.04 Å². The van der Waals surface area contributed by atoms with Gasteiger partial charge in [0, 0.05) is 43.6 Å². The summed E-state index contributed by atoms with van der Waals surface area (Å²) >= 11 is 0. The van der Waals surface area contributed by atoms with Gasteiger partial charge in [-0.05, 0) is 50.1 Å². The van der Waals surface area contributed by atoms with Gasteiger partial charge < -0.3 is 10.2 Å². The molecular weight excluding hydrogens is 234 g/mol. The van der Waals surface area contributed by atoms with Crippen molar-refractivity contribution in [3.05, 3.63) is 23.8 Å². The Morgan fingerprint density at radius 1 is 1.32 bits per heavy atom. The third kappa shape index (κ3) is 2.57. The van der Waals surface area contributed by atoms with Crippen molar-refractivity contribution in [2.24, 2.45) is 0 Å². The quantitative estimate of drug-likeness (QED) is 0.880. The Labute approximate surface area is 116 Å². The highest BCUT2D eigenvalue weighted by atomic mass is 15.3. The minimum absolute atomic E-state index is 0.660. The van der Waals surface area contributed by atoms with Crippen LogP contribution in [0.3, 0.4) is 0 Å². The van der Waals surface area contributed by atoms with E-state index >= 15 is 0 Å². The Balaban J connectivity index is 1.76. The van der Waals surface area contributed by atoms with E-state index in [1.54, 1.807) is 0 Å². The standard InChI is InChI=1S/C16H25N3/c1-3-18-9-10-19(12-13(18)2)15-6-7-16-14(11-15)5-4-8-17-16/h6-7,11,13,17H,3-5,8-10,12H2,1-2H3. The lowest BCUT2D eigenvalue weighted by Gasteiger charge is -2.40. The molecule has 0 bridgehead atoms. The van der Waals surface area contributed by atoms with Crippen LogP contribution in [0.15, 0.2) is 18.2 Å². The smallest absolute Gasteiger partial charge is 0.0374 e. The van der Waals surface area contributed by atoms with E-state index in [2.05, 4.69) is 47.2 Å². The molecular formula is C16H25N3. The summed E-state index contributed by atoms with van der Waals surface area (Å²) in [6, 6.07) is 7.61. The molecule has 0 amide bonds. The van der Waals surface area contributed by atoms with Crippen molar-refractivity contribution in [2.45, 2.75) is 32.7 Å². The van der Waals surface area contributed by atoms with Gasteiger partial charge in [-0.1, -0.05) is 6.92 Å². The Morgan fingerprint density at radius 2 is 2.21 bits per heavy atom. The fourth-order valence-corrected chi connectivity index (χ4v) is 3.36. The van der Waals surface area contributed by atoms with Gasteiger partial charge in [-0.15, -0.1) is 0 Å². The maximum atomic E-state index is 3.49. The zero-order valence-electron chi connectivity index (χ0n) is 12.2. The maximum absolute atomic E-state index is 3.49. The number of likely N-dealkylation sites (N-methyl/N-ethyl adjacent to an activating group) is 1. The molecule has 104 valence electrons. The van der Waals surface area contributed by atoms with E-state index < -0.39 is 0 Å². The van der Waals surface area contributed by atoms with Crippen LogP contribution in [-0.2, 0) is 6.42 Å². The Hall–Kier alpha value is -1.22. The zero-order chi connectivity index (χ0) is 13.2. The van der Waals surface area contributed by atoms with Crippen molar-refractivity contribution < 1.29 is 0 Å². The number of piperazine rings is 1. The van der Waals surface area contributed by atoms with Crippen LogP contribution in [0, 0.1) is 0 Å². The van der Waals surface area contributed by atoms with Crippen molar-refractivity contribution in [3.8, 4) is 0 Å². The molecule has 3 rings (SSSR count). The second-order valence-electron chi connectivity index (χ2n) is 5.80. The Bertz CT molecular complexity index is 444. The maximum Gasteiger partial charge on any atom is 0.0374 e. The first kappa shape index (κ1) is 12.8. The van der Waals surface area contributed by atoms with E-state index in [1.807, 2.05) is 0 Å². The first-order valence-corrected chi connectivity index (χ1v) is 7.63. The summed E-state index contributed by atoms with van der Waals surface area (Å²) in [7, 11) is 0. The van der Waals surface area contributed by atoms with Gasteiger partial charge in [-0.3, -0.25) is 4.90 Å². The van der Waals surface area contributed by atoms with E-state index in [4.69, 9.17) is 0 Å². The lowest BCUT2D eigenvalue weighted by atomic mass is 10.0. The molecule has 1 N–H and O–H groups in total.